The Balaban J connectivity index is 2.61. The molecule has 1 rings (SSSR count). The minimum atomic E-state index is -3.22. The van der Waals surface area contributed by atoms with Gasteiger partial charge in [-0.1, -0.05) is 0 Å². The lowest BCUT2D eigenvalue weighted by Gasteiger charge is -2.25. The van der Waals surface area contributed by atoms with Crippen molar-refractivity contribution in [3.63, 3.8) is 0 Å². The Morgan fingerprint density at radius 3 is 2.53 bits per heavy atom. The SMILES string of the molecule is Cc1cc(NCC(C)(C)NS(C)(=O)=O)ncn1. The van der Waals surface area contributed by atoms with Crippen LogP contribution in [0.5, 0.6) is 0 Å². The zero-order valence-corrected chi connectivity index (χ0v) is 11.3. The molecule has 0 aliphatic carbocycles. The molecule has 7 heteroatoms. The van der Waals surface area contributed by atoms with E-state index in [1.165, 1.54) is 6.33 Å². The molecule has 1 aromatic rings. The molecule has 0 spiro atoms. The zero-order chi connectivity index (χ0) is 13.1. The molecule has 0 fully saturated rings. The second-order valence-electron chi connectivity index (χ2n) is 4.66. The van der Waals surface area contributed by atoms with E-state index >= 15 is 0 Å². The molecular formula is C10H18N4O2S. The normalized spacial score (nSPS) is 12.5. The van der Waals surface area contributed by atoms with E-state index in [9.17, 15) is 8.42 Å². The van der Waals surface area contributed by atoms with Crippen molar-refractivity contribution in [3.8, 4) is 0 Å². The number of nitrogens with zero attached hydrogens (tertiary/aromatic N) is 2. The largest absolute Gasteiger partial charge is 0.368 e. The molecule has 0 bridgehead atoms. The van der Waals surface area contributed by atoms with E-state index in [-0.39, 0.29) is 0 Å². The Kier molecular flexibility index (Phi) is 4.05. The Morgan fingerprint density at radius 2 is 2.00 bits per heavy atom. The fourth-order valence-corrected chi connectivity index (χ4v) is 2.48. The Morgan fingerprint density at radius 1 is 1.35 bits per heavy atom. The topological polar surface area (TPSA) is 84.0 Å². The number of hydrogen-bond donors (Lipinski definition) is 2. The first kappa shape index (κ1) is 13.9. The van der Waals surface area contributed by atoms with Gasteiger partial charge in [0.25, 0.3) is 0 Å². The monoisotopic (exact) mass is 258 g/mol. The highest BCUT2D eigenvalue weighted by atomic mass is 32.2. The molecule has 0 saturated carbocycles. The summed E-state index contributed by atoms with van der Waals surface area (Å²) in [5.41, 5.74) is 0.281. The minimum absolute atomic E-state index is 0.441. The summed E-state index contributed by atoms with van der Waals surface area (Å²) in [5.74, 6) is 0.681. The van der Waals surface area contributed by atoms with Crippen LogP contribution in [0.15, 0.2) is 12.4 Å². The molecule has 0 aromatic carbocycles. The second kappa shape index (κ2) is 4.97. The number of aromatic nitrogens is 2. The van der Waals surface area contributed by atoms with E-state index in [2.05, 4.69) is 20.0 Å². The van der Waals surface area contributed by atoms with Gasteiger partial charge in [0.05, 0.1) is 6.26 Å². The third-order valence-electron chi connectivity index (χ3n) is 1.98. The molecule has 0 atom stereocenters. The van der Waals surface area contributed by atoms with Crippen molar-refractivity contribution in [2.45, 2.75) is 26.3 Å². The molecule has 0 unspecified atom stereocenters. The van der Waals surface area contributed by atoms with Crippen LogP contribution in [0.4, 0.5) is 5.82 Å². The van der Waals surface area contributed by atoms with Gasteiger partial charge in [-0.25, -0.2) is 23.1 Å². The molecule has 2 N–H and O–H groups in total. The smallest absolute Gasteiger partial charge is 0.209 e. The van der Waals surface area contributed by atoms with Gasteiger partial charge in [-0.2, -0.15) is 0 Å². The van der Waals surface area contributed by atoms with Gasteiger partial charge in [-0.05, 0) is 20.8 Å². The minimum Gasteiger partial charge on any atom is -0.368 e. The Hall–Kier alpha value is -1.21. The molecular weight excluding hydrogens is 240 g/mol. The predicted octanol–water partition coefficient (Wildman–Crippen LogP) is 0.525. The highest BCUT2D eigenvalue weighted by molar-refractivity contribution is 7.88. The van der Waals surface area contributed by atoms with Gasteiger partial charge >= 0.3 is 0 Å². The highest BCUT2D eigenvalue weighted by Gasteiger charge is 2.21. The van der Waals surface area contributed by atoms with Crippen LogP contribution in [0, 0.1) is 6.92 Å². The number of anilines is 1. The average molecular weight is 258 g/mol. The lowest BCUT2D eigenvalue weighted by Crippen LogP contribution is -2.47. The first-order valence-corrected chi connectivity index (χ1v) is 7.09. The van der Waals surface area contributed by atoms with Gasteiger partial charge in [0.2, 0.25) is 10.0 Å². The maximum atomic E-state index is 11.1. The fourth-order valence-electron chi connectivity index (χ4n) is 1.40. The van der Waals surface area contributed by atoms with Gasteiger partial charge in [0, 0.05) is 23.8 Å². The molecule has 0 saturated heterocycles. The molecule has 0 radical (unpaired) electrons. The number of aryl methyl sites for hydroxylation is 1. The number of rotatable bonds is 5. The van der Waals surface area contributed by atoms with Crippen LogP contribution in [0.1, 0.15) is 19.5 Å². The van der Waals surface area contributed by atoms with E-state index in [1.807, 2.05) is 6.92 Å². The quantitative estimate of drug-likeness (QED) is 0.804. The van der Waals surface area contributed by atoms with Crippen LogP contribution in [-0.2, 0) is 10.0 Å². The fraction of sp³-hybridized carbons (Fsp3) is 0.600. The summed E-state index contributed by atoms with van der Waals surface area (Å²) >= 11 is 0. The summed E-state index contributed by atoms with van der Waals surface area (Å²) in [6, 6.07) is 1.80. The van der Waals surface area contributed by atoms with E-state index < -0.39 is 15.6 Å². The average Bonchev–Trinajstić information content (AvgIpc) is 2.11. The van der Waals surface area contributed by atoms with Crippen molar-refractivity contribution >= 4 is 15.8 Å². The molecule has 0 amide bonds. The van der Waals surface area contributed by atoms with E-state index in [1.54, 1.807) is 19.9 Å². The third kappa shape index (κ3) is 5.60. The molecule has 1 heterocycles. The molecule has 1 aromatic heterocycles. The van der Waals surface area contributed by atoms with Gasteiger partial charge in [0.15, 0.2) is 0 Å². The molecule has 0 aliphatic heterocycles. The van der Waals surface area contributed by atoms with Crippen molar-refractivity contribution in [2.24, 2.45) is 0 Å². The predicted molar refractivity (Wildman–Crippen MR) is 67.3 cm³/mol. The first-order valence-electron chi connectivity index (χ1n) is 5.19. The van der Waals surface area contributed by atoms with Crippen LogP contribution in [0.3, 0.4) is 0 Å². The highest BCUT2D eigenvalue weighted by Crippen LogP contribution is 2.08. The van der Waals surface area contributed by atoms with Gasteiger partial charge in [-0.15, -0.1) is 0 Å². The van der Waals surface area contributed by atoms with Gasteiger partial charge in [0.1, 0.15) is 12.1 Å². The van der Waals surface area contributed by atoms with Crippen LogP contribution in [0.25, 0.3) is 0 Å². The molecule has 96 valence electrons. The van der Waals surface area contributed by atoms with Gasteiger partial charge < -0.3 is 5.32 Å². The van der Waals surface area contributed by atoms with Crippen molar-refractivity contribution < 1.29 is 8.42 Å². The summed E-state index contributed by atoms with van der Waals surface area (Å²) < 4.78 is 24.8. The lowest BCUT2D eigenvalue weighted by molar-refractivity contribution is 0.476. The Bertz CT molecular complexity index is 485. The van der Waals surface area contributed by atoms with Gasteiger partial charge in [-0.3, -0.25) is 0 Å². The van der Waals surface area contributed by atoms with Crippen molar-refractivity contribution in [1.82, 2.24) is 14.7 Å². The molecule has 0 aliphatic rings. The van der Waals surface area contributed by atoms with Crippen LogP contribution < -0.4 is 10.0 Å². The van der Waals surface area contributed by atoms with Crippen molar-refractivity contribution in [2.75, 3.05) is 18.1 Å². The summed E-state index contributed by atoms with van der Waals surface area (Å²) in [4.78, 5) is 8.02. The summed E-state index contributed by atoms with van der Waals surface area (Å²) in [7, 11) is -3.22. The van der Waals surface area contributed by atoms with Crippen molar-refractivity contribution in [3.05, 3.63) is 18.1 Å². The first-order chi connectivity index (χ1) is 7.68. The summed E-state index contributed by atoms with van der Waals surface area (Å²) in [6.45, 7) is 5.91. The zero-order valence-electron chi connectivity index (χ0n) is 10.5. The standard InChI is InChI=1S/C10H18N4O2S/c1-8-5-9(13-7-12-8)11-6-10(2,3)14-17(4,15)16/h5,7,14H,6H2,1-4H3,(H,11,12,13). The number of sulfonamides is 1. The van der Waals surface area contributed by atoms with E-state index in [0.29, 0.717) is 12.4 Å². The summed E-state index contributed by atoms with van der Waals surface area (Å²) in [6.07, 6.45) is 2.61. The second-order valence-corrected chi connectivity index (χ2v) is 6.40. The molecule has 6 nitrogen and oxygen atoms in total. The van der Waals surface area contributed by atoms with Crippen molar-refractivity contribution in [1.29, 1.82) is 0 Å². The maximum Gasteiger partial charge on any atom is 0.209 e. The van der Waals surface area contributed by atoms with Crippen LogP contribution in [-0.4, -0.2) is 36.7 Å². The number of nitrogens with one attached hydrogen (secondary N) is 2. The summed E-state index contributed by atoms with van der Waals surface area (Å²) in [5, 5.41) is 3.07. The van der Waals surface area contributed by atoms with E-state index in [4.69, 9.17) is 0 Å². The number of hydrogen-bond acceptors (Lipinski definition) is 5. The third-order valence-corrected chi connectivity index (χ3v) is 2.90. The lowest BCUT2D eigenvalue weighted by atomic mass is 10.1. The molecule has 17 heavy (non-hydrogen) atoms. The maximum absolute atomic E-state index is 11.1. The van der Waals surface area contributed by atoms with Crippen LogP contribution >= 0.6 is 0 Å². The van der Waals surface area contributed by atoms with Crippen LogP contribution in [0.2, 0.25) is 0 Å². The Labute approximate surface area is 102 Å². The van der Waals surface area contributed by atoms with E-state index in [0.717, 1.165) is 11.9 Å².